The van der Waals surface area contributed by atoms with Gasteiger partial charge in [-0.15, -0.1) is 0 Å². The van der Waals surface area contributed by atoms with Gasteiger partial charge in [-0.05, 0) is 89.7 Å². The summed E-state index contributed by atoms with van der Waals surface area (Å²) in [7, 11) is 2.14. The number of carbonyl (C=O) groups excluding carboxylic acids is 1. The average Bonchev–Trinajstić information content (AvgIpc) is 3.50. The third-order valence-corrected chi connectivity index (χ3v) is 9.92. The van der Waals surface area contributed by atoms with Crippen molar-refractivity contribution >= 4 is 29.1 Å². The van der Waals surface area contributed by atoms with Crippen molar-refractivity contribution in [3.05, 3.63) is 51.7 Å². The Balaban J connectivity index is 1.33. The van der Waals surface area contributed by atoms with E-state index in [9.17, 15) is 10.1 Å². The molecule has 2 aliphatic carbocycles. The number of fused-ring (bicyclic) bond motifs is 3. The normalized spacial score (nSPS) is 25.0. The summed E-state index contributed by atoms with van der Waals surface area (Å²) in [5.41, 5.74) is 4.96. The molecule has 1 spiro atoms. The molecule has 3 atom stereocenters. The summed E-state index contributed by atoms with van der Waals surface area (Å²) >= 11 is 6.69. The zero-order chi connectivity index (χ0) is 31.2. The lowest BCUT2D eigenvalue weighted by atomic mass is 9.70. The molecule has 4 aliphatic rings. The van der Waals surface area contributed by atoms with E-state index in [1.54, 1.807) is 4.90 Å². The topological polar surface area (TPSA) is 94.8 Å². The molecule has 44 heavy (non-hydrogen) atoms. The second-order valence-corrected chi connectivity index (χ2v) is 14.2. The Hall–Kier alpha value is -3.35. The fraction of sp³-hybridized carbons (Fsp3) is 0.588. The summed E-state index contributed by atoms with van der Waals surface area (Å²) in [6.45, 7) is 10.9. The van der Waals surface area contributed by atoms with Gasteiger partial charge in [0.05, 0.1) is 24.2 Å². The minimum atomic E-state index is -0.609. The van der Waals surface area contributed by atoms with Crippen molar-refractivity contribution < 1.29 is 14.3 Å². The molecule has 0 unspecified atom stereocenters. The first kappa shape index (κ1) is 30.7. The van der Waals surface area contributed by atoms with Gasteiger partial charge in [-0.3, -0.25) is 0 Å². The van der Waals surface area contributed by atoms with Crippen LogP contribution in [0.2, 0.25) is 5.02 Å². The molecule has 1 aromatic heterocycles. The molecule has 2 fully saturated rings. The van der Waals surface area contributed by atoms with Crippen LogP contribution in [0.1, 0.15) is 75.8 Å². The van der Waals surface area contributed by atoms with Gasteiger partial charge in [0, 0.05) is 48.1 Å². The van der Waals surface area contributed by atoms with Crippen LogP contribution in [0.5, 0.6) is 6.01 Å². The fourth-order valence-corrected chi connectivity index (χ4v) is 7.79. The van der Waals surface area contributed by atoms with Crippen LogP contribution in [-0.4, -0.2) is 83.4 Å². The number of aromatic nitrogens is 2. The van der Waals surface area contributed by atoms with Gasteiger partial charge in [0.1, 0.15) is 18.0 Å². The van der Waals surface area contributed by atoms with Gasteiger partial charge in [-0.2, -0.15) is 15.2 Å². The maximum atomic E-state index is 13.1. The van der Waals surface area contributed by atoms with Gasteiger partial charge in [-0.25, -0.2) is 4.79 Å². The number of benzene rings is 1. The molecule has 6 rings (SSSR count). The van der Waals surface area contributed by atoms with E-state index in [0.29, 0.717) is 38.3 Å². The van der Waals surface area contributed by atoms with Crippen molar-refractivity contribution in [1.82, 2.24) is 19.8 Å². The Morgan fingerprint density at radius 2 is 2.02 bits per heavy atom. The maximum Gasteiger partial charge on any atom is 0.410 e. The Morgan fingerprint density at radius 1 is 1.20 bits per heavy atom. The number of halogens is 1. The van der Waals surface area contributed by atoms with Crippen molar-refractivity contribution in [2.75, 3.05) is 44.7 Å². The summed E-state index contributed by atoms with van der Waals surface area (Å²) in [5.74, 6) is 0.858. The molecular weight excluding hydrogens is 576 g/mol. The summed E-state index contributed by atoms with van der Waals surface area (Å²) in [5, 5.41) is 10.5. The summed E-state index contributed by atoms with van der Waals surface area (Å²) in [6, 6.07) is 8.93. The van der Waals surface area contributed by atoms with Crippen molar-refractivity contribution in [3.63, 3.8) is 0 Å². The molecular formula is C34H43ClN6O3. The quantitative estimate of drug-likeness (QED) is 0.416. The highest BCUT2D eigenvalue weighted by atomic mass is 35.5. The number of likely N-dealkylation sites (tertiary alicyclic amines) is 1. The number of carbonyl (C=O) groups is 1. The van der Waals surface area contributed by atoms with E-state index in [-0.39, 0.29) is 24.0 Å². The van der Waals surface area contributed by atoms with Crippen LogP contribution >= 0.6 is 11.6 Å². The number of nitrogens with zero attached hydrogens (tertiary/aromatic N) is 6. The number of likely N-dealkylation sites (N-methyl/N-ethyl adjacent to an activating group) is 1. The molecule has 2 saturated heterocycles. The monoisotopic (exact) mass is 618 g/mol. The number of nitriles is 1. The predicted molar refractivity (Wildman–Crippen MR) is 171 cm³/mol. The van der Waals surface area contributed by atoms with Gasteiger partial charge in [-0.1, -0.05) is 29.8 Å². The number of allylic oxidation sites excluding steroid dienone is 2. The number of hydrogen-bond acceptors (Lipinski definition) is 8. The minimum Gasteiger partial charge on any atom is -0.462 e. The van der Waals surface area contributed by atoms with E-state index < -0.39 is 5.60 Å². The minimum absolute atomic E-state index is 0.176. The molecule has 2 aliphatic heterocycles. The summed E-state index contributed by atoms with van der Waals surface area (Å²) in [4.78, 5) is 29.4. The SMILES string of the molecule is CC1=C[C@@]2(CCc3c(nc(OC[C@@H]4CCCN4C)nc3N3CCN(C(=O)OC(C)(C)C)[C@@H](CC#N)C3)C2)c2cccc(Cl)c21. The average molecular weight is 619 g/mol. The molecule has 9 nitrogen and oxygen atoms in total. The van der Waals surface area contributed by atoms with Gasteiger partial charge < -0.3 is 24.2 Å². The zero-order valence-corrected chi connectivity index (χ0v) is 27.3. The third kappa shape index (κ3) is 5.87. The number of anilines is 1. The van der Waals surface area contributed by atoms with E-state index in [1.807, 2.05) is 32.9 Å². The molecule has 234 valence electrons. The smallest absolute Gasteiger partial charge is 0.410 e. The standard InChI is InChI=1S/C34H43ClN6O3/c1-22-18-34(26-9-6-10-27(35)29(22)26)13-11-25-28(19-34)37-31(43-21-24-8-7-15-39(24)5)38-30(25)40-16-17-41(23(20-40)12-14-36)32(42)44-33(2,3)4/h6,9-10,18,23-24H,7-8,11-13,15-17,19-21H2,1-5H3/t23-,24-,34+/m0/s1. The van der Waals surface area contributed by atoms with Crippen LogP contribution < -0.4 is 9.64 Å². The molecule has 0 radical (unpaired) electrons. The van der Waals surface area contributed by atoms with Crippen LogP contribution in [-0.2, 0) is 23.0 Å². The summed E-state index contributed by atoms with van der Waals surface area (Å²) in [6.07, 6.45) is 6.95. The molecule has 3 heterocycles. The second kappa shape index (κ2) is 11.9. The molecule has 0 bridgehead atoms. The highest BCUT2D eigenvalue weighted by molar-refractivity contribution is 6.32. The van der Waals surface area contributed by atoms with Crippen molar-refractivity contribution in [2.24, 2.45) is 0 Å². The van der Waals surface area contributed by atoms with Crippen molar-refractivity contribution in [2.45, 2.75) is 89.3 Å². The number of rotatable bonds is 5. The second-order valence-electron chi connectivity index (χ2n) is 13.8. The number of piperazine rings is 1. The Labute approximate surface area is 265 Å². The van der Waals surface area contributed by atoms with Crippen LogP contribution in [0.3, 0.4) is 0 Å². The van der Waals surface area contributed by atoms with E-state index in [1.165, 1.54) is 17.6 Å². The van der Waals surface area contributed by atoms with E-state index in [2.05, 4.69) is 42.0 Å². The Bertz CT molecular complexity index is 1510. The Kier molecular flexibility index (Phi) is 8.27. The fourth-order valence-electron chi connectivity index (χ4n) is 7.47. The molecule has 0 saturated carbocycles. The molecule has 1 aromatic carbocycles. The first-order chi connectivity index (χ1) is 21.0. The number of ether oxygens (including phenoxy) is 2. The van der Waals surface area contributed by atoms with Gasteiger partial charge in [0.2, 0.25) is 0 Å². The van der Waals surface area contributed by atoms with Crippen LogP contribution in [0, 0.1) is 11.3 Å². The van der Waals surface area contributed by atoms with Crippen LogP contribution in [0.15, 0.2) is 24.3 Å². The zero-order valence-electron chi connectivity index (χ0n) is 26.5. The highest BCUT2D eigenvalue weighted by Gasteiger charge is 2.43. The lowest BCUT2D eigenvalue weighted by molar-refractivity contribution is 0.0144. The largest absolute Gasteiger partial charge is 0.462 e. The van der Waals surface area contributed by atoms with Crippen molar-refractivity contribution in [3.8, 4) is 12.1 Å². The number of amides is 1. The third-order valence-electron chi connectivity index (χ3n) is 9.61. The van der Waals surface area contributed by atoms with Crippen molar-refractivity contribution in [1.29, 1.82) is 5.26 Å². The lowest BCUT2D eigenvalue weighted by Crippen LogP contribution is -2.56. The Morgan fingerprint density at radius 3 is 2.75 bits per heavy atom. The van der Waals surface area contributed by atoms with Gasteiger partial charge in [0.15, 0.2) is 0 Å². The van der Waals surface area contributed by atoms with Crippen LogP contribution in [0.25, 0.3) is 5.57 Å². The van der Waals surface area contributed by atoms with E-state index in [4.69, 9.17) is 31.0 Å². The first-order valence-corrected chi connectivity index (χ1v) is 16.2. The van der Waals surface area contributed by atoms with E-state index >= 15 is 0 Å². The molecule has 0 N–H and O–H groups in total. The molecule has 10 heteroatoms. The first-order valence-electron chi connectivity index (χ1n) is 15.8. The van der Waals surface area contributed by atoms with E-state index in [0.717, 1.165) is 59.9 Å². The summed E-state index contributed by atoms with van der Waals surface area (Å²) < 4.78 is 12.0. The van der Waals surface area contributed by atoms with Crippen LogP contribution in [0.4, 0.5) is 10.6 Å². The molecule has 2 aromatic rings. The van der Waals surface area contributed by atoms with Gasteiger partial charge >= 0.3 is 12.1 Å². The number of hydrogen-bond donors (Lipinski definition) is 0. The maximum absolute atomic E-state index is 13.1. The van der Waals surface area contributed by atoms with Gasteiger partial charge in [0.25, 0.3) is 0 Å². The molecule has 1 amide bonds. The predicted octanol–water partition coefficient (Wildman–Crippen LogP) is 5.79. The lowest BCUT2D eigenvalue weighted by Gasteiger charge is -2.43. The highest BCUT2D eigenvalue weighted by Crippen LogP contribution is 2.50.